The summed E-state index contributed by atoms with van der Waals surface area (Å²) in [6.07, 6.45) is 1.84. The van der Waals surface area contributed by atoms with E-state index in [9.17, 15) is 0 Å². The highest BCUT2D eigenvalue weighted by atomic mass is 79.9. The van der Waals surface area contributed by atoms with Crippen molar-refractivity contribution in [2.24, 2.45) is 0 Å². The smallest absolute Gasteiger partial charge is 0.0802 e. The number of aromatic nitrogens is 1. The van der Waals surface area contributed by atoms with Gasteiger partial charge in [0, 0.05) is 16.2 Å². The summed E-state index contributed by atoms with van der Waals surface area (Å²) in [6.45, 7) is 0. The molecule has 0 aliphatic heterocycles. The zero-order valence-corrected chi connectivity index (χ0v) is 11.5. The van der Waals surface area contributed by atoms with Gasteiger partial charge in [0.05, 0.1) is 10.6 Å². The van der Waals surface area contributed by atoms with Crippen LogP contribution in [0, 0.1) is 0 Å². The molecule has 0 N–H and O–H groups in total. The third kappa shape index (κ3) is 2.13. The maximum absolute atomic E-state index is 4.39. The van der Waals surface area contributed by atoms with Crippen LogP contribution in [0.25, 0.3) is 20.7 Å². The van der Waals surface area contributed by atoms with E-state index in [4.69, 9.17) is 0 Å². The molecular weight excluding hydrogens is 294 g/mol. The van der Waals surface area contributed by atoms with E-state index in [1.807, 2.05) is 18.3 Å². The van der Waals surface area contributed by atoms with Crippen LogP contribution in [0.4, 0.5) is 0 Å². The Labute approximate surface area is 112 Å². The molecule has 17 heavy (non-hydrogen) atoms. The number of halogens is 1. The number of hydrogen-bond donors (Lipinski definition) is 0. The van der Waals surface area contributed by atoms with E-state index in [2.05, 4.69) is 51.2 Å². The van der Waals surface area contributed by atoms with Crippen LogP contribution in [-0.4, -0.2) is 4.98 Å². The zero-order chi connectivity index (χ0) is 11.7. The number of hydrogen-bond acceptors (Lipinski definition) is 2. The van der Waals surface area contributed by atoms with Crippen LogP contribution in [-0.2, 0) is 5.33 Å². The third-order valence-corrected chi connectivity index (χ3v) is 4.42. The average Bonchev–Trinajstić information content (AvgIpc) is 2.82. The molecular formula is C14H10BrNS. The molecule has 0 bridgehead atoms. The van der Waals surface area contributed by atoms with Gasteiger partial charge in [-0.1, -0.05) is 34.1 Å². The molecule has 1 nitrogen and oxygen atoms in total. The Morgan fingerprint density at radius 3 is 2.82 bits per heavy atom. The number of benzene rings is 1. The largest absolute Gasteiger partial charge is 0.255 e. The lowest BCUT2D eigenvalue weighted by molar-refractivity contribution is 1.34. The summed E-state index contributed by atoms with van der Waals surface area (Å²) in [7, 11) is 0. The Hall–Kier alpha value is -1.19. The Balaban J connectivity index is 2.14. The fraction of sp³-hybridized carbons (Fsp3) is 0.0714. The quantitative estimate of drug-likeness (QED) is 0.616. The molecule has 0 spiro atoms. The summed E-state index contributed by atoms with van der Waals surface area (Å²) in [5.41, 5.74) is 2.36. The van der Waals surface area contributed by atoms with Gasteiger partial charge in [-0.15, -0.1) is 11.3 Å². The summed E-state index contributed by atoms with van der Waals surface area (Å²) < 4.78 is 1.32. The van der Waals surface area contributed by atoms with Crippen molar-refractivity contribution in [2.75, 3.05) is 0 Å². The average molecular weight is 304 g/mol. The predicted molar refractivity (Wildman–Crippen MR) is 77.7 cm³/mol. The summed E-state index contributed by atoms with van der Waals surface area (Å²) in [5.74, 6) is 0. The van der Waals surface area contributed by atoms with Crippen molar-refractivity contribution < 1.29 is 0 Å². The van der Waals surface area contributed by atoms with Crippen LogP contribution in [0.2, 0.25) is 0 Å². The molecule has 0 radical (unpaired) electrons. The van der Waals surface area contributed by atoms with Gasteiger partial charge in [-0.25, -0.2) is 0 Å². The van der Waals surface area contributed by atoms with Crippen molar-refractivity contribution in [3.05, 3.63) is 54.2 Å². The van der Waals surface area contributed by atoms with Crippen LogP contribution in [0.5, 0.6) is 0 Å². The summed E-state index contributed by atoms with van der Waals surface area (Å²) in [5, 5.41) is 2.19. The topological polar surface area (TPSA) is 12.9 Å². The molecule has 0 unspecified atom stereocenters. The van der Waals surface area contributed by atoms with Gasteiger partial charge < -0.3 is 0 Å². The highest BCUT2D eigenvalue weighted by Crippen LogP contribution is 2.33. The number of thiophene rings is 1. The minimum Gasteiger partial charge on any atom is -0.255 e. The van der Waals surface area contributed by atoms with Gasteiger partial charge in [0.15, 0.2) is 0 Å². The minimum absolute atomic E-state index is 0.903. The van der Waals surface area contributed by atoms with Gasteiger partial charge in [0.25, 0.3) is 0 Å². The molecule has 0 saturated heterocycles. The van der Waals surface area contributed by atoms with E-state index in [0.29, 0.717) is 0 Å². The predicted octanol–water partition coefficient (Wildman–Crippen LogP) is 4.86. The van der Waals surface area contributed by atoms with E-state index in [-0.39, 0.29) is 0 Å². The minimum atomic E-state index is 0.903. The van der Waals surface area contributed by atoms with E-state index in [1.165, 1.54) is 20.5 Å². The van der Waals surface area contributed by atoms with E-state index in [0.717, 1.165) is 11.0 Å². The van der Waals surface area contributed by atoms with Crippen LogP contribution in [0.3, 0.4) is 0 Å². The van der Waals surface area contributed by atoms with Crippen molar-refractivity contribution in [1.82, 2.24) is 4.98 Å². The van der Waals surface area contributed by atoms with Gasteiger partial charge >= 0.3 is 0 Å². The standard InChI is InChI=1S/C14H10BrNS/c15-9-10-4-5-11-8-14(17-13(11)7-10)12-3-1-2-6-16-12/h1-8H,9H2. The van der Waals surface area contributed by atoms with Crippen molar-refractivity contribution >= 4 is 37.4 Å². The molecule has 0 atom stereocenters. The Bertz CT molecular complexity index is 646. The first kappa shape index (κ1) is 10.9. The molecule has 3 heteroatoms. The van der Waals surface area contributed by atoms with Crippen LogP contribution in [0.1, 0.15) is 5.56 Å². The lowest BCUT2D eigenvalue weighted by Crippen LogP contribution is -1.75. The summed E-state index contributed by atoms with van der Waals surface area (Å²) in [4.78, 5) is 5.62. The van der Waals surface area contributed by atoms with E-state index >= 15 is 0 Å². The van der Waals surface area contributed by atoms with Crippen molar-refractivity contribution in [1.29, 1.82) is 0 Å². The lowest BCUT2D eigenvalue weighted by Gasteiger charge is -1.93. The van der Waals surface area contributed by atoms with E-state index in [1.54, 1.807) is 11.3 Å². The van der Waals surface area contributed by atoms with Crippen molar-refractivity contribution in [3.63, 3.8) is 0 Å². The third-order valence-electron chi connectivity index (χ3n) is 2.66. The van der Waals surface area contributed by atoms with Crippen LogP contribution in [0.15, 0.2) is 48.7 Å². The maximum Gasteiger partial charge on any atom is 0.0802 e. The zero-order valence-electron chi connectivity index (χ0n) is 9.06. The lowest BCUT2D eigenvalue weighted by atomic mass is 10.2. The number of rotatable bonds is 2. The molecule has 3 aromatic rings. The van der Waals surface area contributed by atoms with Gasteiger partial charge in [0.2, 0.25) is 0 Å². The van der Waals surface area contributed by atoms with Crippen molar-refractivity contribution in [3.8, 4) is 10.6 Å². The SMILES string of the molecule is BrCc1ccc2cc(-c3ccccn3)sc2c1. The molecule has 84 valence electrons. The Morgan fingerprint density at radius 1 is 1.12 bits per heavy atom. The first-order valence-corrected chi connectivity index (χ1v) is 7.30. The molecule has 0 amide bonds. The van der Waals surface area contributed by atoms with Gasteiger partial charge in [-0.3, -0.25) is 4.98 Å². The molecule has 0 aliphatic rings. The Morgan fingerprint density at radius 2 is 2.06 bits per heavy atom. The van der Waals surface area contributed by atoms with Gasteiger partial charge in [-0.2, -0.15) is 0 Å². The van der Waals surface area contributed by atoms with Crippen molar-refractivity contribution in [2.45, 2.75) is 5.33 Å². The van der Waals surface area contributed by atoms with E-state index < -0.39 is 0 Å². The summed E-state index contributed by atoms with van der Waals surface area (Å²) >= 11 is 5.28. The fourth-order valence-corrected chi connectivity index (χ4v) is 3.25. The monoisotopic (exact) mass is 303 g/mol. The highest BCUT2D eigenvalue weighted by Gasteiger charge is 2.05. The molecule has 2 aromatic heterocycles. The van der Waals surface area contributed by atoms with Gasteiger partial charge in [-0.05, 0) is 35.2 Å². The number of pyridine rings is 1. The highest BCUT2D eigenvalue weighted by molar-refractivity contribution is 9.08. The number of nitrogens with zero attached hydrogens (tertiary/aromatic N) is 1. The fourth-order valence-electron chi connectivity index (χ4n) is 1.79. The Kier molecular flexibility index (Phi) is 2.95. The number of fused-ring (bicyclic) bond motifs is 1. The second-order valence-corrected chi connectivity index (χ2v) is 5.48. The van der Waals surface area contributed by atoms with Crippen LogP contribution >= 0.6 is 27.3 Å². The summed E-state index contributed by atoms with van der Waals surface area (Å²) in [6, 6.07) is 14.8. The molecule has 3 rings (SSSR count). The van der Waals surface area contributed by atoms with Gasteiger partial charge in [0.1, 0.15) is 0 Å². The molecule has 0 fully saturated rings. The molecule has 0 aliphatic carbocycles. The number of alkyl halides is 1. The molecule has 1 aromatic carbocycles. The second-order valence-electron chi connectivity index (χ2n) is 3.83. The first-order chi connectivity index (χ1) is 8.36. The maximum atomic E-state index is 4.39. The second kappa shape index (κ2) is 4.59. The molecule has 0 saturated carbocycles. The molecule has 2 heterocycles. The van der Waals surface area contributed by atoms with Crippen LogP contribution < -0.4 is 0 Å². The first-order valence-electron chi connectivity index (χ1n) is 5.36. The normalized spacial score (nSPS) is 10.9.